The molecule has 19 heavy (non-hydrogen) atoms. The van der Waals surface area contributed by atoms with Crippen LogP contribution in [0, 0.1) is 13.8 Å². The van der Waals surface area contributed by atoms with E-state index >= 15 is 0 Å². The molecule has 1 amide bonds. The number of carboxylic acids is 2. The molecule has 0 aliphatic carbocycles. The van der Waals surface area contributed by atoms with Gasteiger partial charge in [0.15, 0.2) is 0 Å². The van der Waals surface area contributed by atoms with Gasteiger partial charge in [-0.25, -0.2) is 4.79 Å². The second-order valence-corrected chi connectivity index (χ2v) is 4.15. The molecule has 0 fully saturated rings. The SMILES string of the molecule is Cc1n[nH]c(C)c1CC(=O)N[C@H](CC(=O)O)C(=O)O. The van der Waals surface area contributed by atoms with E-state index in [2.05, 4.69) is 15.5 Å². The number of carbonyl (C=O) groups excluding carboxylic acids is 1. The average molecular weight is 269 g/mol. The normalized spacial score (nSPS) is 11.9. The molecule has 0 aliphatic heterocycles. The molecule has 8 heteroatoms. The first-order valence-corrected chi connectivity index (χ1v) is 5.55. The summed E-state index contributed by atoms with van der Waals surface area (Å²) in [5, 5.41) is 26.2. The van der Waals surface area contributed by atoms with Crippen molar-refractivity contribution in [2.45, 2.75) is 32.7 Å². The molecule has 0 unspecified atom stereocenters. The van der Waals surface area contributed by atoms with Gasteiger partial charge >= 0.3 is 11.9 Å². The fraction of sp³-hybridized carbons (Fsp3) is 0.455. The molecular weight excluding hydrogens is 254 g/mol. The standard InChI is InChI=1S/C11H15N3O5/c1-5-7(6(2)14-13-5)3-9(15)12-8(11(18)19)4-10(16)17/h8H,3-4H2,1-2H3,(H,12,15)(H,13,14)(H,16,17)(H,18,19)/t8-/m1/s1. The van der Waals surface area contributed by atoms with E-state index in [1.165, 1.54) is 0 Å². The number of aryl methyl sites for hydroxylation is 2. The van der Waals surface area contributed by atoms with Gasteiger partial charge in [-0.2, -0.15) is 5.10 Å². The number of carbonyl (C=O) groups is 3. The van der Waals surface area contributed by atoms with Crippen LogP contribution in [0.15, 0.2) is 0 Å². The third-order valence-electron chi connectivity index (χ3n) is 2.63. The fourth-order valence-corrected chi connectivity index (χ4v) is 1.62. The molecule has 0 saturated heterocycles. The summed E-state index contributed by atoms with van der Waals surface area (Å²) in [5.74, 6) is -3.22. The number of aromatic nitrogens is 2. The monoisotopic (exact) mass is 269 g/mol. The summed E-state index contributed by atoms with van der Waals surface area (Å²) in [7, 11) is 0. The summed E-state index contributed by atoms with van der Waals surface area (Å²) < 4.78 is 0. The highest BCUT2D eigenvalue weighted by Crippen LogP contribution is 2.10. The molecule has 0 radical (unpaired) electrons. The van der Waals surface area contributed by atoms with Crippen LogP contribution < -0.4 is 5.32 Å². The summed E-state index contributed by atoms with van der Waals surface area (Å²) in [4.78, 5) is 33.0. The lowest BCUT2D eigenvalue weighted by molar-refractivity contribution is -0.147. The molecule has 0 spiro atoms. The van der Waals surface area contributed by atoms with Crippen molar-refractivity contribution in [1.29, 1.82) is 0 Å². The molecule has 0 aromatic carbocycles. The highest BCUT2D eigenvalue weighted by Gasteiger charge is 2.23. The zero-order chi connectivity index (χ0) is 14.6. The predicted molar refractivity (Wildman–Crippen MR) is 63.6 cm³/mol. The lowest BCUT2D eigenvalue weighted by atomic mass is 10.1. The van der Waals surface area contributed by atoms with Gasteiger partial charge < -0.3 is 15.5 Å². The largest absolute Gasteiger partial charge is 0.481 e. The number of H-pyrrole nitrogens is 1. The van der Waals surface area contributed by atoms with Crippen LogP contribution in [0.25, 0.3) is 0 Å². The number of hydrogen-bond acceptors (Lipinski definition) is 4. The maximum Gasteiger partial charge on any atom is 0.326 e. The van der Waals surface area contributed by atoms with Crippen molar-refractivity contribution in [2.75, 3.05) is 0 Å². The molecule has 1 rings (SSSR count). The number of nitrogens with zero attached hydrogens (tertiary/aromatic N) is 1. The maximum absolute atomic E-state index is 11.7. The summed E-state index contributed by atoms with van der Waals surface area (Å²) in [6.07, 6.45) is -0.706. The minimum atomic E-state index is -1.43. The number of aliphatic carboxylic acids is 2. The fourth-order valence-electron chi connectivity index (χ4n) is 1.62. The van der Waals surface area contributed by atoms with Gasteiger partial charge in [0.1, 0.15) is 6.04 Å². The van der Waals surface area contributed by atoms with E-state index in [0.717, 1.165) is 5.69 Å². The predicted octanol–water partition coefficient (Wildman–Crippen LogP) is -0.387. The maximum atomic E-state index is 11.7. The van der Waals surface area contributed by atoms with Gasteiger partial charge in [-0.1, -0.05) is 0 Å². The number of rotatable bonds is 6. The Morgan fingerprint density at radius 1 is 1.32 bits per heavy atom. The van der Waals surface area contributed by atoms with Crippen molar-refractivity contribution in [3.8, 4) is 0 Å². The van der Waals surface area contributed by atoms with Gasteiger partial charge in [0.25, 0.3) is 0 Å². The highest BCUT2D eigenvalue weighted by atomic mass is 16.4. The first-order chi connectivity index (χ1) is 8.81. The van der Waals surface area contributed by atoms with Crippen LogP contribution in [0.1, 0.15) is 23.4 Å². The minimum Gasteiger partial charge on any atom is -0.481 e. The van der Waals surface area contributed by atoms with Crippen molar-refractivity contribution in [2.24, 2.45) is 0 Å². The molecule has 0 saturated carbocycles. The van der Waals surface area contributed by atoms with Crippen LogP contribution in [0.3, 0.4) is 0 Å². The van der Waals surface area contributed by atoms with Crippen LogP contribution >= 0.6 is 0 Å². The molecule has 8 nitrogen and oxygen atoms in total. The van der Waals surface area contributed by atoms with E-state index in [1.54, 1.807) is 13.8 Å². The Kier molecular flexibility index (Phi) is 4.62. The summed E-state index contributed by atoms with van der Waals surface area (Å²) in [6, 6.07) is -1.43. The topological polar surface area (TPSA) is 132 Å². The van der Waals surface area contributed by atoms with E-state index < -0.39 is 30.3 Å². The van der Waals surface area contributed by atoms with Crippen molar-refractivity contribution in [1.82, 2.24) is 15.5 Å². The number of aromatic amines is 1. The second-order valence-electron chi connectivity index (χ2n) is 4.15. The van der Waals surface area contributed by atoms with Gasteiger partial charge in [0.05, 0.1) is 18.5 Å². The summed E-state index contributed by atoms with van der Waals surface area (Å²) in [5.41, 5.74) is 2.05. The second kappa shape index (κ2) is 5.98. The first-order valence-electron chi connectivity index (χ1n) is 5.55. The Morgan fingerprint density at radius 3 is 2.37 bits per heavy atom. The number of nitrogens with one attached hydrogen (secondary N) is 2. The number of carboxylic acid groups (broad SMARTS) is 2. The molecule has 1 atom stereocenters. The van der Waals surface area contributed by atoms with Gasteiger partial charge in [-0.15, -0.1) is 0 Å². The van der Waals surface area contributed by atoms with Crippen molar-refractivity contribution in [3.05, 3.63) is 17.0 Å². The Balaban J connectivity index is 2.68. The Hall–Kier alpha value is -2.38. The molecule has 0 aliphatic rings. The van der Waals surface area contributed by atoms with Crippen molar-refractivity contribution < 1.29 is 24.6 Å². The average Bonchev–Trinajstić information content (AvgIpc) is 2.59. The van der Waals surface area contributed by atoms with Gasteiger partial charge in [0, 0.05) is 11.3 Å². The van der Waals surface area contributed by atoms with E-state index in [1.807, 2.05) is 0 Å². The first kappa shape index (κ1) is 14.7. The minimum absolute atomic E-state index is 0.0441. The van der Waals surface area contributed by atoms with Crippen LogP contribution in [-0.2, 0) is 20.8 Å². The van der Waals surface area contributed by atoms with Gasteiger partial charge in [-0.05, 0) is 13.8 Å². The highest BCUT2D eigenvalue weighted by molar-refractivity contribution is 5.87. The molecule has 4 N–H and O–H groups in total. The van der Waals surface area contributed by atoms with Crippen LogP contribution in [0.2, 0.25) is 0 Å². The third kappa shape index (κ3) is 4.09. The quantitative estimate of drug-likeness (QED) is 0.556. The smallest absolute Gasteiger partial charge is 0.326 e. The summed E-state index contributed by atoms with van der Waals surface area (Å²) >= 11 is 0. The number of hydrogen-bond donors (Lipinski definition) is 4. The lowest BCUT2D eigenvalue weighted by Gasteiger charge is -2.12. The number of amides is 1. The molecular formula is C11H15N3O5. The zero-order valence-electron chi connectivity index (χ0n) is 10.6. The zero-order valence-corrected chi connectivity index (χ0v) is 10.6. The third-order valence-corrected chi connectivity index (χ3v) is 2.63. The van der Waals surface area contributed by atoms with E-state index in [9.17, 15) is 14.4 Å². The van der Waals surface area contributed by atoms with E-state index in [0.29, 0.717) is 11.3 Å². The van der Waals surface area contributed by atoms with Crippen molar-refractivity contribution >= 4 is 17.8 Å². The Morgan fingerprint density at radius 2 is 1.95 bits per heavy atom. The van der Waals surface area contributed by atoms with Crippen LogP contribution in [0.4, 0.5) is 0 Å². The molecule has 1 aromatic rings. The Bertz CT molecular complexity index is 489. The van der Waals surface area contributed by atoms with Gasteiger partial charge in [-0.3, -0.25) is 14.7 Å². The molecule has 0 bridgehead atoms. The van der Waals surface area contributed by atoms with Crippen LogP contribution in [-0.4, -0.2) is 44.3 Å². The van der Waals surface area contributed by atoms with Crippen molar-refractivity contribution in [3.63, 3.8) is 0 Å². The molecule has 1 heterocycles. The van der Waals surface area contributed by atoms with Gasteiger partial charge in [0.2, 0.25) is 5.91 Å². The summed E-state index contributed by atoms with van der Waals surface area (Å²) in [6.45, 7) is 3.46. The lowest BCUT2D eigenvalue weighted by Crippen LogP contribution is -2.42. The van der Waals surface area contributed by atoms with Crippen LogP contribution in [0.5, 0.6) is 0 Å². The van der Waals surface area contributed by atoms with E-state index in [4.69, 9.17) is 10.2 Å². The molecule has 104 valence electrons. The van der Waals surface area contributed by atoms with E-state index in [-0.39, 0.29) is 6.42 Å². The Labute approximate surface area is 108 Å². The molecule has 1 aromatic heterocycles.